The van der Waals surface area contributed by atoms with Gasteiger partial charge in [0.1, 0.15) is 5.82 Å². The van der Waals surface area contributed by atoms with Crippen molar-refractivity contribution in [2.75, 3.05) is 0 Å². The number of carbonyl (C=O) groups excluding carboxylic acids is 1. The lowest BCUT2D eigenvalue weighted by molar-refractivity contribution is 0.0848. The van der Waals surface area contributed by atoms with E-state index in [1.165, 1.54) is 18.2 Å². The van der Waals surface area contributed by atoms with Gasteiger partial charge in [0, 0.05) is 5.02 Å². The van der Waals surface area contributed by atoms with Crippen molar-refractivity contribution in [1.29, 1.82) is 0 Å². The Kier molecular flexibility index (Phi) is 4.94. The summed E-state index contributed by atoms with van der Waals surface area (Å²) in [7, 11) is 0. The standard InChI is InChI=1S/C16H15ClFNO2/c1-10(15(20)11-6-8-12(17)9-7-11)19-16(21)13-4-2-3-5-14(13)18/h2-10,15,20H,1H3,(H,19,21). The smallest absolute Gasteiger partial charge is 0.254 e. The molecule has 2 aromatic carbocycles. The normalized spacial score (nSPS) is 13.5. The Labute approximate surface area is 127 Å². The van der Waals surface area contributed by atoms with E-state index < -0.39 is 23.9 Å². The van der Waals surface area contributed by atoms with Gasteiger partial charge >= 0.3 is 0 Å². The van der Waals surface area contributed by atoms with Crippen LogP contribution < -0.4 is 5.32 Å². The molecule has 110 valence electrons. The fourth-order valence-corrected chi connectivity index (χ4v) is 2.08. The maximum Gasteiger partial charge on any atom is 0.254 e. The van der Waals surface area contributed by atoms with Crippen LogP contribution in [-0.2, 0) is 0 Å². The van der Waals surface area contributed by atoms with Gasteiger partial charge in [-0.15, -0.1) is 0 Å². The van der Waals surface area contributed by atoms with Crippen molar-refractivity contribution < 1.29 is 14.3 Å². The van der Waals surface area contributed by atoms with Crippen LogP contribution in [0.3, 0.4) is 0 Å². The number of benzene rings is 2. The zero-order valence-corrected chi connectivity index (χ0v) is 12.1. The molecule has 0 radical (unpaired) electrons. The summed E-state index contributed by atoms with van der Waals surface area (Å²) >= 11 is 5.78. The first-order chi connectivity index (χ1) is 9.99. The Morgan fingerprint density at radius 3 is 2.43 bits per heavy atom. The summed E-state index contributed by atoms with van der Waals surface area (Å²) in [6.45, 7) is 1.65. The summed E-state index contributed by atoms with van der Waals surface area (Å²) in [5, 5.41) is 13.3. The highest BCUT2D eigenvalue weighted by atomic mass is 35.5. The van der Waals surface area contributed by atoms with Crippen LogP contribution in [0.15, 0.2) is 48.5 Å². The summed E-state index contributed by atoms with van der Waals surface area (Å²) < 4.78 is 13.5. The van der Waals surface area contributed by atoms with Gasteiger partial charge in [-0.25, -0.2) is 4.39 Å². The summed E-state index contributed by atoms with van der Waals surface area (Å²) in [4.78, 5) is 12.0. The Balaban J connectivity index is 2.07. The van der Waals surface area contributed by atoms with Crippen LogP contribution in [0.2, 0.25) is 5.02 Å². The molecule has 3 nitrogen and oxygen atoms in total. The maximum atomic E-state index is 13.5. The molecule has 2 rings (SSSR count). The Bertz CT molecular complexity index is 630. The van der Waals surface area contributed by atoms with E-state index in [9.17, 15) is 14.3 Å². The molecule has 0 saturated heterocycles. The number of carbonyl (C=O) groups is 1. The van der Waals surface area contributed by atoms with Crippen molar-refractivity contribution >= 4 is 17.5 Å². The van der Waals surface area contributed by atoms with E-state index in [0.29, 0.717) is 10.6 Å². The van der Waals surface area contributed by atoms with Crippen molar-refractivity contribution in [3.8, 4) is 0 Å². The van der Waals surface area contributed by atoms with Crippen LogP contribution >= 0.6 is 11.6 Å². The third-order valence-electron chi connectivity index (χ3n) is 3.16. The topological polar surface area (TPSA) is 49.3 Å². The minimum atomic E-state index is -0.905. The predicted octanol–water partition coefficient (Wildman–Crippen LogP) is 3.33. The molecule has 2 unspecified atom stereocenters. The van der Waals surface area contributed by atoms with Crippen LogP contribution in [0.1, 0.15) is 28.9 Å². The van der Waals surface area contributed by atoms with Crippen LogP contribution in [0, 0.1) is 5.82 Å². The highest BCUT2D eigenvalue weighted by molar-refractivity contribution is 6.30. The molecular formula is C16H15ClFNO2. The number of aliphatic hydroxyl groups is 1. The molecule has 2 atom stereocenters. The Hall–Kier alpha value is -1.91. The van der Waals surface area contributed by atoms with Crippen molar-refractivity contribution in [1.82, 2.24) is 5.32 Å². The molecule has 0 spiro atoms. The van der Waals surface area contributed by atoms with Crippen molar-refractivity contribution in [2.45, 2.75) is 19.1 Å². The number of halogens is 2. The second kappa shape index (κ2) is 6.70. The first-order valence-corrected chi connectivity index (χ1v) is 6.86. The molecule has 0 heterocycles. The van der Waals surface area contributed by atoms with Crippen LogP contribution in [-0.4, -0.2) is 17.1 Å². The number of rotatable bonds is 4. The Morgan fingerprint density at radius 1 is 1.19 bits per heavy atom. The highest BCUT2D eigenvalue weighted by Crippen LogP contribution is 2.19. The molecule has 0 aliphatic rings. The third-order valence-corrected chi connectivity index (χ3v) is 3.41. The molecule has 0 saturated carbocycles. The molecule has 1 amide bonds. The number of hydrogen-bond acceptors (Lipinski definition) is 2. The van der Waals surface area contributed by atoms with Crippen molar-refractivity contribution in [2.24, 2.45) is 0 Å². The van der Waals surface area contributed by atoms with Gasteiger partial charge in [0.15, 0.2) is 0 Å². The average Bonchev–Trinajstić information content (AvgIpc) is 2.47. The lowest BCUT2D eigenvalue weighted by Crippen LogP contribution is -2.37. The second-order valence-corrected chi connectivity index (χ2v) is 5.17. The molecule has 0 aliphatic heterocycles. The molecule has 0 aliphatic carbocycles. The van der Waals surface area contributed by atoms with E-state index in [2.05, 4.69) is 5.32 Å². The monoisotopic (exact) mass is 307 g/mol. The third kappa shape index (κ3) is 3.80. The van der Waals surface area contributed by atoms with Crippen LogP contribution in [0.5, 0.6) is 0 Å². The zero-order valence-electron chi connectivity index (χ0n) is 11.4. The van der Waals surface area contributed by atoms with Gasteiger partial charge in [0.05, 0.1) is 17.7 Å². The van der Waals surface area contributed by atoms with E-state index >= 15 is 0 Å². The molecular weight excluding hydrogens is 293 g/mol. The van der Waals surface area contributed by atoms with Crippen molar-refractivity contribution in [3.63, 3.8) is 0 Å². The number of aliphatic hydroxyl groups excluding tert-OH is 1. The van der Waals surface area contributed by atoms with E-state index in [-0.39, 0.29) is 5.56 Å². The maximum absolute atomic E-state index is 13.5. The molecule has 5 heteroatoms. The first kappa shape index (κ1) is 15.5. The van der Waals surface area contributed by atoms with Gasteiger partial charge in [-0.05, 0) is 36.8 Å². The molecule has 2 aromatic rings. The predicted molar refractivity (Wildman–Crippen MR) is 79.7 cm³/mol. The van der Waals surface area contributed by atoms with Gasteiger partial charge in [-0.3, -0.25) is 4.79 Å². The van der Waals surface area contributed by atoms with Gasteiger partial charge < -0.3 is 10.4 Å². The summed E-state index contributed by atoms with van der Waals surface area (Å²) in [6, 6.07) is 11.8. The molecule has 0 fully saturated rings. The highest BCUT2D eigenvalue weighted by Gasteiger charge is 2.20. The number of amides is 1. The van der Waals surface area contributed by atoms with Gasteiger partial charge in [-0.2, -0.15) is 0 Å². The number of hydrogen-bond donors (Lipinski definition) is 2. The lowest BCUT2D eigenvalue weighted by Gasteiger charge is -2.21. The van der Waals surface area contributed by atoms with E-state index in [0.717, 1.165) is 0 Å². The van der Waals surface area contributed by atoms with E-state index in [4.69, 9.17) is 11.6 Å². The van der Waals surface area contributed by atoms with E-state index in [1.807, 2.05) is 0 Å². The van der Waals surface area contributed by atoms with Crippen molar-refractivity contribution in [3.05, 3.63) is 70.5 Å². The van der Waals surface area contributed by atoms with Crippen LogP contribution in [0.25, 0.3) is 0 Å². The molecule has 0 bridgehead atoms. The first-order valence-electron chi connectivity index (χ1n) is 6.48. The van der Waals surface area contributed by atoms with Gasteiger partial charge in [0.25, 0.3) is 5.91 Å². The Morgan fingerprint density at radius 2 is 1.81 bits per heavy atom. The molecule has 2 N–H and O–H groups in total. The summed E-state index contributed by atoms with van der Waals surface area (Å²) in [5.74, 6) is -1.16. The minimum absolute atomic E-state index is 0.0485. The second-order valence-electron chi connectivity index (χ2n) is 4.74. The van der Waals surface area contributed by atoms with Gasteiger partial charge in [0.2, 0.25) is 0 Å². The van der Waals surface area contributed by atoms with Gasteiger partial charge in [-0.1, -0.05) is 35.9 Å². The quantitative estimate of drug-likeness (QED) is 0.910. The van der Waals surface area contributed by atoms with Crippen LogP contribution in [0.4, 0.5) is 4.39 Å². The fourth-order valence-electron chi connectivity index (χ4n) is 1.96. The average molecular weight is 308 g/mol. The number of nitrogens with one attached hydrogen (secondary N) is 1. The molecule has 21 heavy (non-hydrogen) atoms. The zero-order chi connectivity index (χ0) is 15.4. The SMILES string of the molecule is CC(NC(=O)c1ccccc1F)C(O)c1ccc(Cl)cc1. The lowest BCUT2D eigenvalue weighted by atomic mass is 10.0. The molecule has 0 aromatic heterocycles. The largest absolute Gasteiger partial charge is 0.386 e. The minimum Gasteiger partial charge on any atom is -0.386 e. The fraction of sp³-hybridized carbons (Fsp3) is 0.188. The summed E-state index contributed by atoms with van der Waals surface area (Å²) in [6.07, 6.45) is -0.905. The van der Waals surface area contributed by atoms with E-state index in [1.54, 1.807) is 37.3 Å². The summed E-state index contributed by atoms with van der Waals surface area (Å²) in [5.41, 5.74) is 0.577.